The molecule has 0 spiro atoms. The van der Waals surface area contributed by atoms with E-state index < -0.39 is 5.91 Å². The Hall–Kier alpha value is -4.29. The van der Waals surface area contributed by atoms with E-state index in [2.05, 4.69) is 59.5 Å². The number of imidazole rings is 1. The van der Waals surface area contributed by atoms with Gasteiger partial charge in [0, 0.05) is 74.5 Å². The van der Waals surface area contributed by atoms with Gasteiger partial charge in [-0.1, -0.05) is 0 Å². The molecule has 2 saturated heterocycles. The maximum atomic E-state index is 12.6. The summed E-state index contributed by atoms with van der Waals surface area (Å²) >= 11 is 0. The summed E-state index contributed by atoms with van der Waals surface area (Å²) < 4.78 is 0. The summed E-state index contributed by atoms with van der Waals surface area (Å²) in [5, 5.41) is 6.66. The van der Waals surface area contributed by atoms with Crippen LogP contribution < -0.4 is 21.3 Å². The molecule has 12 heteroatoms. The van der Waals surface area contributed by atoms with E-state index in [9.17, 15) is 4.79 Å². The smallest absolute Gasteiger partial charge is 0.271 e. The molecule has 0 unspecified atom stereocenters. The number of piperazine rings is 1. The number of hydrogen-bond donors (Lipinski definition) is 4. The molecule has 1 amide bonds. The Morgan fingerprint density at radius 3 is 2.40 bits per heavy atom. The summed E-state index contributed by atoms with van der Waals surface area (Å²) in [4.78, 5) is 41.3. The zero-order valence-electron chi connectivity index (χ0n) is 24.5. The fourth-order valence-corrected chi connectivity index (χ4v) is 5.87. The lowest BCUT2D eigenvalue weighted by Gasteiger charge is -2.42. The number of likely N-dealkylation sites (N-methyl/N-ethyl adjacent to an activating group) is 1. The van der Waals surface area contributed by atoms with Crippen molar-refractivity contribution < 1.29 is 4.79 Å². The number of nitrogens with two attached hydrogens (primary N) is 1. The van der Waals surface area contributed by atoms with Crippen molar-refractivity contribution in [2.24, 2.45) is 5.73 Å². The number of aromatic amines is 1. The average molecular weight is 570 g/mol. The number of H-pyrrole nitrogens is 1. The van der Waals surface area contributed by atoms with Gasteiger partial charge in [0.25, 0.3) is 5.91 Å². The number of amides is 1. The van der Waals surface area contributed by atoms with Gasteiger partial charge >= 0.3 is 0 Å². The van der Waals surface area contributed by atoms with Gasteiger partial charge in [-0.2, -0.15) is 0 Å². The normalized spacial score (nSPS) is 17.2. The number of aromatic nitrogens is 5. The number of piperidine rings is 1. The predicted octanol–water partition coefficient (Wildman–Crippen LogP) is 3.29. The zero-order valence-corrected chi connectivity index (χ0v) is 24.5. The lowest BCUT2D eigenvalue weighted by molar-refractivity contribution is 0.0982. The molecule has 12 nitrogen and oxygen atoms in total. The summed E-state index contributed by atoms with van der Waals surface area (Å²) in [5.74, 6) is 0.154. The highest BCUT2D eigenvalue weighted by molar-refractivity contribution is 5.99. The van der Waals surface area contributed by atoms with Gasteiger partial charge in [0.2, 0.25) is 0 Å². The van der Waals surface area contributed by atoms with Crippen molar-refractivity contribution in [3.8, 4) is 11.3 Å². The average Bonchev–Trinajstić information content (AvgIpc) is 3.47. The minimum Gasteiger partial charge on any atom is -0.371 e. The second-order valence-corrected chi connectivity index (χ2v) is 11.5. The monoisotopic (exact) mass is 569 g/mol. The number of hydrogen-bond acceptors (Lipinski definition) is 10. The predicted molar refractivity (Wildman–Crippen MR) is 166 cm³/mol. The molecule has 0 radical (unpaired) electrons. The molecule has 220 valence electrons. The first-order valence-corrected chi connectivity index (χ1v) is 14.7. The molecule has 0 atom stereocenters. The van der Waals surface area contributed by atoms with Gasteiger partial charge in [0.1, 0.15) is 5.69 Å². The van der Waals surface area contributed by atoms with Gasteiger partial charge in [-0.3, -0.25) is 9.69 Å². The number of rotatable bonds is 8. The molecule has 6 rings (SSSR count). The van der Waals surface area contributed by atoms with Gasteiger partial charge in [-0.05, 0) is 64.1 Å². The second-order valence-electron chi connectivity index (χ2n) is 11.5. The van der Waals surface area contributed by atoms with Gasteiger partial charge < -0.3 is 31.2 Å². The molecule has 3 aromatic heterocycles. The highest BCUT2D eigenvalue weighted by atomic mass is 16.1. The molecular weight excluding hydrogens is 530 g/mol. The Balaban J connectivity index is 1.21. The third-order valence-corrected chi connectivity index (χ3v) is 8.15. The number of carbonyl (C=O) groups excluding carboxylic acids is 1. The van der Waals surface area contributed by atoms with E-state index in [1.54, 1.807) is 12.5 Å². The van der Waals surface area contributed by atoms with Crippen molar-refractivity contribution in [1.82, 2.24) is 34.7 Å². The Morgan fingerprint density at radius 1 is 0.976 bits per heavy atom. The Bertz CT molecular complexity index is 1530. The molecule has 0 bridgehead atoms. The molecule has 0 saturated carbocycles. The minimum atomic E-state index is -0.669. The highest BCUT2D eigenvalue weighted by Crippen LogP contribution is 2.33. The summed E-state index contributed by atoms with van der Waals surface area (Å²) in [7, 11) is 2.21. The molecule has 4 aromatic rings. The van der Waals surface area contributed by atoms with E-state index >= 15 is 0 Å². The van der Waals surface area contributed by atoms with E-state index in [4.69, 9.17) is 15.7 Å². The van der Waals surface area contributed by atoms with E-state index in [1.807, 2.05) is 32.0 Å². The minimum absolute atomic E-state index is 0.0545. The number of nitrogens with one attached hydrogen (secondary N) is 3. The first-order valence-electron chi connectivity index (χ1n) is 14.7. The molecule has 2 aliphatic heterocycles. The number of pyridine rings is 1. The van der Waals surface area contributed by atoms with E-state index in [-0.39, 0.29) is 11.7 Å². The second kappa shape index (κ2) is 11.9. The van der Waals surface area contributed by atoms with Crippen LogP contribution in [0, 0.1) is 0 Å². The SMILES string of the molecule is CC(C)Nc1nc(Nc2ccc(N3CCC(N4CCN(C)CC4)CC3)cc2)c(C(N)=O)nc1-c1ccnc2nc[nH]c12. The number of carbonyl (C=O) groups is 1. The number of nitrogens with zero attached hydrogens (tertiary/aromatic N) is 7. The summed E-state index contributed by atoms with van der Waals surface area (Å²) in [6.45, 7) is 10.8. The summed E-state index contributed by atoms with van der Waals surface area (Å²) in [6, 6.07) is 10.8. The number of anilines is 4. The summed E-state index contributed by atoms with van der Waals surface area (Å²) in [6.07, 6.45) is 5.60. The third kappa shape index (κ3) is 5.86. The van der Waals surface area contributed by atoms with Crippen LogP contribution in [0.3, 0.4) is 0 Å². The largest absolute Gasteiger partial charge is 0.371 e. The molecule has 5 heterocycles. The lowest BCUT2D eigenvalue weighted by Crippen LogP contribution is -2.52. The number of primary amides is 1. The van der Waals surface area contributed by atoms with Crippen LogP contribution in [0.2, 0.25) is 0 Å². The van der Waals surface area contributed by atoms with E-state index in [0.717, 1.165) is 37.4 Å². The fraction of sp³-hybridized carbons (Fsp3) is 0.433. The topological polar surface area (TPSA) is 144 Å². The van der Waals surface area contributed by atoms with Gasteiger partial charge in [-0.15, -0.1) is 0 Å². The highest BCUT2D eigenvalue weighted by Gasteiger charge is 2.27. The molecule has 5 N–H and O–H groups in total. The number of fused-ring (bicyclic) bond motifs is 1. The van der Waals surface area contributed by atoms with Crippen LogP contribution in [0.15, 0.2) is 42.9 Å². The first kappa shape index (κ1) is 27.9. The third-order valence-electron chi connectivity index (χ3n) is 8.15. The molecular formula is C30H39N11O. The zero-order chi connectivity index (χ0) is 29.2. The quantitative estimate of drug-likeness (QED) is 0.249. The fourth-order valence-electron chi connectivity index (χ4n) is 5.87. The Morgan fingerprint density at radius 2 is 1.71 bits per heavy atom. The van der Waals surface area contributed by atoms with Crippen LogP contribution in [0.4, 0.5) is 23.0 Å². The van der Waals surface area contributed by atoms with Crippen molar-refractivity contribution in [3.05, 3.63) is 48.5 Å². The van der Waals surface area contributed by atoms with Crippen molar-refractivity contribution >= 4 is 40.1 Å². The maximum Gasteiger partial charge on any atom is 0.271 e. The molecule has 2 aliphatic rings. The van der Waals surface area contributed by atoms with Crippen LogP contribution in [-0.4, -0.2) is 99.0 Å². The van der Waals surface area contributed by atoms with Gasteiger partial charge in [-0.25, -0.2) is 19.9 Å². The molecule has 2 fully saturated rings. The molecule has 0 aliphatic carbocycles. The van der Waals surface area contributed by atoms with E-state index in [1.165, 1.54) is 31.6 Å². The van der Waals surface area contributed by atoms with Crippen LogP contribution in [0.25, 0.3) is 22.4 Å². The van der Waals surface area contributed by atoms with Crippen molar-refractivity contribution in [2.45, 2.75) is 38.8 Å². The van der Waals surface area contributed by atoms with Gasteiger partial charge in [0.15, 0.2) is 23.0 Å². The summed E-state index contributed by atoms with van der Waals surface area (Å²) in [5.41, 5.74) is 10.3. The van der Waals surface area contributed by atoms with E-state index in [0.29, 0.717) is 34.5 Å². The van der Waals surface area contributed by atoms with Crippen LogP contribution >= 0.6 is 0 Å². The van der Waals surface area contributed by atoms with Crippen molar-refractivity contribution in [1.29, 1.82) is 0 Å². The Labute approximate surface area is 245 Å². The lowest BCUT2D eigenvalue weighted by atomic mass is 10.0. The van der Waals surface area contributed by atoms with Crippen molar-refractivity contribution in [2.75, 3.05) is 61.8 Å². The van der Waals surface area contributed by atoms with Crippen LogP contribution in [-0.2, 0) is 0 Å². The first-order chi connectivity index (χ1) is 20.4. The van der Waals surface area contributed by atoms with Gasteiger partial charge in [0.05, 0.1) is 11.8 Å². The van der Waals surface area contributed by atoms with Crippen molar-refractivity contribution in [3.63, 3.8) is 0 Å². The van der Waals surface area contributed by atoms with Crippen LogP contribution in [0.5, 0.6) is 0 Å². The number of benzene rings is 1. The Kier molecular flexibility index (Phi) is 7.90. The van der Waals surface area contributed by atoms with Crippen LogP contribution in [0.1, 0.15) is 37.2 Å². The molecule has 42 heavy (non-hydrogen) atoms. The maximum absolute atomic E-state index is 12.6. The molecule has 1 aromatic carbocycles. The standard InChI is InChI=1S/C30H39N11O/c1-19(2)35-29-25(23-8-11-32-28-24(23)33-18-34-28)37-26(27(31)42)30(38-29)36-20-4-6-21(7-5-20)40-12-9-22(10-13-40)41-16-14-39(3)15-17-41/h4-8,11,18-19,22H,9-10,12-17H2,1-3H3,(H2,31,42)(H,32,33,34)(H2,35,36,38).